The van der Waals surface area contributed by atoms with Crippen LogP contribution in [-0.2, 0) is 11.2 Å². The van der Waals surface area contributed by atoms with Gasteiger partial charge in [-0.25, -0.2) is 0 Å². The Bertz CT molecular complexity index is 1200. The van der Waals surface area contributed by atoms with Crippen molar-refractivity contribution in [3.05, 3.63) is 102 Å². The Hall–Kier alpha value is -3.86. The van der Waals surface area contributed by atoms with Crippen LogP contribution in [0.1, 0.15) is 40.9 Å². The summed E-state index contributed by atoms with van der Waals surface area (Å²) < 4.78 is 0. The van der Waals surface area contributed by atoms with E-state index in [9.17, 15) is 9.59 Å². The van der Waals surface area contributed by atoms with E-state index in [4.69, 9.17) is 0 Å². The van der Waals surface area contributed by atoms with Gasteiger partial charge in [0.25, 0.3) is 5.91 Å². The normalized spacial score (nSPS) is 11.8. The lowest BCUT2D eigenvalue weighted by Gasteiger charge is -2.16. The van der Waals surface area contributed by atoms with Crippen LogP contribution in [0.4, 0.5) is 5.69 Å². The monoisotopic (exact) mass is 411 g/mol. The molecule has 5 nitrogen and oxygen atoms in total. The second-order valence-corrected chi connectivity index (χ2v) is 7.59. The first kappa shape index (κ1) is 20.4. The minimum atomic E-state index is -0.163. The molecule has 2 amide bonds. The van der Waals surface area contributed by atoms with Crippen molar-refractivity contribution in [2.24, 2.45) is 0 Å². The van der Waals surface area contributed by atoms with Gasteiger partial charge in [0, 0.05) is 34.8 Å². The largest absolute Gasteiger partial charge is 0.361 e. The summed E-state index contributed by atoms with van der Waals surface area (Å²) in [4.78, 5) is 28.1. The number of carbonyl (C=O) groups excluding carboxylic acids is 2. The van der Waals surface area contributed by atoms with Crippen molar-refractivity contribution in [1.29, 1.82) is 0 Å². The summed E-state index contributed by atoms with van der Waals surface area (Å²) in [5, 5.41) is 7.13. The number of hydrogen-bond acceptors (Lipinski definition) is 2. The average molecular weight is 412 g/mol. The first-order valence-electron chi connectivity index (χ1n) is 10.4. The van der Waals surface area contributed by atoms with Gasteiger partial charge in [-0.1, -0.05) is 48.5 Å². The molecule has 0 aliphatic carbocycles. The molecule has 4 rings (SSSR count). The number of hydrogen-bond donors (Lipinski definition) is 3. The van der Waals surface area contributed by atoms with Crippen molar-refractivity contribution >= 4 is 28.4 Å². The van der Waals surface area contributed by atoms with Crippen LogP contribution in [0.15, 0.2) is 85.1 Å². The van der Waals surface area contributed by atoms with Crippen molar-refractivity contribution in [3.8, 4) is 0 Å². The van der Waals surface area contributed by atoms with Gasteiger partial charge in [-0.3, -0.25) is 9.59 Å². The number of rotatable bonds is 7. The average Bonchev–Trinajstić information content (AvgIpc) is 3.21. The van der Waals surface area contributed by atoms with E-state index < -0.39 is 0 Å². The number of nitrogens with one attached hydrogen (secondary N) is 3. The fourth-order valence-electron chi connectivity index (χ4n) is 3.66. The minimum Gasteiger partial charge on any atom is -0.361 e. The highest BCUT2D eigenvalue weighted by molar-refractivity contribution is 6.04. The van der Waals surface area contributed by atoms with Gasteiger partial charge in [0.15, 0.2) is 0 Å². The Morgan fingerprint density at radius 2 is 1.71 bits per heavy atom. The number of aryl methyl sites for hydroxylation is 1. The molecule has 0 saturated heterocycles. The number of aromatic nitrogens is 1. The smallest absolute Gasteiger partial charge is 0.255 e. The molecule has 5 heteroatoms. The van der Waals surface area contributed by atoms with Gasteiger partial charge >= 0.3 is 0 Å². The third-order valence-corrected chi connectivity index (χ3v) is 5.35. The molecule has 156 valence electrons. The van der Waals surface area contributed by atoms with E-state index in [1.54, 1.807) is 12.1 Å². The summed E-state index contributed by atoms with van der Waals surface area (Å²) in [6.45, 7) is 1.95. The second-order valence-electron chi connectivity index (χ2n) is 7.59. The molecule has 1 aromatic heterocycles. The second kappa shape index (κ2) is 9.30. The number of H-pyrrole nitrogens is 1. The maximum Gasteiger partial charge on any atom is 0.255 e. The van der Waals surface area contributed by atoms with Gasteiger partial charge in [-0.2, -0.15) is 0 Å². The summed E-state index contributed by atoms with van der Waals surface area (Å²) in [7, 11) is 0. The minimum absolute atomic E-state index is 0.00324. The van der Waals surface area contributed by atoms with Gasteiger partial charge in [0.1, 0.15) is 0 Å². The Labute approximate surface area is 181 Å². The molecule has 0 radical (unpaired) electrons. The molecule has 0 fully saturated rings. The number of amides is 2. The molecule has 31 heavy (non-hydrogen) atoms. The Morgan fingerprint density at radius 3 is 2.55 bits per heavy atom. The van der Waals surface area contributed by atoms with Crippen molar-refractivity contribution in [2.75, 3.05) is 5.32 Å². The van der Waals surface area contributed by atoms with Crippen molar-refractivity contribution in [1.82, 2.24) is 10.3 Å². The molecule has 3 N–H and O–H groups in total. The summed E-state index contributed by atoms with van der Waals surface area (Å²) in [6.07, 6.45) is 3.06. The Kier molecular flexibility index (Phi) is 6.13. The van der Waals surface area contributed by atoms with Crippen LogP contribution in [0.5, 0.6) is 0 Å². The Balaban J connectivity index is 1.34. The van der Waals surface area contributed by atoms with Crippen molar-refractivity contribution in [2.45, 2.75) is 25.8 Å². The van der Waals surface area contributed by atoms with Crippen molar-refractivity contribution < 1.29 is 9.59 Å². The lowest BCUT2D eigenvalue weighted by Crippen LogP contribution is -2.26. The summed E-state index contributed by atoms with van der Waals surface area (Å²) in [5.41, 5.74) is 4.47. The zero-order valence-electron chi connectivity index (χ0n) is 17.4. The molecule has 0 aliphatic rings. The molecule has 3 aromatic carbocycles. The van der Waals surface area contributed by atoms with E-state index in [2.05, 4.69) is 21.7 Å². The predicted molar refractivity (Wildman–Crippen MR) is 124 cm³/mol. The first-order valence-corrected chi connectivity index (χ1v) is 10.4. The van der Waals surface area contributed by atoms with E-state index in [-0.39, 0.29) is 17.9 Å². The maximum absolute atomic E-state index is 12.5. The molecule has 0 bridgehead atoms. The zero-order chi connectivity index (χ0) is 21.6. The number of aromatic amines is 1. The summed E-state index contributed by atoms with van der Waals surface area (Å²) in [5.74, 6) is -0.162. The molecule has 4 aromatic rings. The number of anilines is 1. The Morgan fingerprint density at radius 1 is 0.935 bits per heavy atom. The molecule has 0 unspecified atom stereocenters. The van der Waals surface area contributed by atoms with Crippen molar-refractivity contribution in [3.63, 3.8) is 0 Å². The van der Waals surface area contributed by atoms with E-state index in [0.29, 0.717) is 24.1 Å². The van der Waals surface area contributed by atoms with E-state index in [0.717, 1.165) is 22.0 Å². The molecule has 0 spiro atoms. The van der Waals surface area contributed by atoms with Crippen LogP contribution in [0.3, 0.4) is 0 Å². The number of para-hydroxylation sites is 1. The molecular weight excluding hydrogens is 386 g/mol. The third-order valence-electron chi connectivity index (χ3n) is 5.35. The summed E-state index contributed by atoms with van der Waals surface area (Å²) in [6, 6.07) is 24.6. The third kappa shape index (κ3) is 5.01. The van der Waals surface area contributed by atoms with Crippen LogP contribution in [0, 0.1) is 0 Å². The fraction of sp³-hybridized carbons (Fsp3) is 0.154. The van der Waals surface area contributed by atoms with Crippen LogP contribution < -0.4 is 10.6 Å². The lowest BCUT2D eigenvalue weighted by atomic mass is 10.1. The predicted octanol–water partition coefficient (Wildman–Crippen LogP) is 5.23. The zero-order valence-corrected chi connectivity index (χ0v) is 17.4. The molecule has 1 atom stereocenters. The maximum atomic E-state index is 12.5. The summed E-state index contributed by atoms with van der Waals surface area (Å²) >= 11 is 0. The highest BCUT2D eigenvalue weighted by Crippen LogP contribution is 2.20. The van der Waals surface area contributed by atoms with Gasteiger partial charge in [-0.05, 0) is 54.8 Å². The van der Waals surface area contributed by atoms with E-state index in [1.165, 1.54) is 0 Å². The van der Waals surface area contributed by atoms with Gasteiger partial charge < -0.3 is 15.6 Å². The fourth-order valence-corrected chi connectivity index (χ4v) is 3.66. The highest BCUT2D eigenvalue weighted by atomic mass is 16.2. The number of benzene rings is 3. The van der Waals surface area contributed by atoms with Crippen LogP contribution in [0.2, 0.25) is 0 Å². The molecular formula is C26H25N3O2. The molecule has 1 heterocycles. The molecule has 0 saturated carbocycles. The number of carbonyl (C=O) groups is 2. The van der Waals surface area contributed by atoms with Gasteiger partial charge in [-0.15, -0.1) is 0 Å². The lowest BCUT2D eigenvalue weighted by molar-refractivity contribution is -0.121. The molecule has 0 aliphatic heterocycles. The van der Waals surface area contributed by atoms with Crippen LogP contribution in [0.25, 0.3) is 10.9 Å². The highest BCUT2D eigenvalue weighted by Gasteiger charge is 2.12. The van der Waals surface area contributed by atoms with Crippen LogP contribution in [-0.4, -0.2) is 16.8 Å². The van der Waals surface area contributed by atoms with Crippen LogP contribution >= 0.6 is 0 Å². The van der Waals surface area contributed by atoms with Gasteiger partial charge in [0.05, 0.1) is 6.04 Å². The number of fused-ring (bicyclic) bond motifs is 1. The van der Waals surface area contributed by atoms with Gasteiger partial charge in [0.2, 0.25) is 5.91 Å². The SMILES string of the molecule is C[C@@H](NC(=O)CCc1c[nH]c2ccccc12)c1cccc(NC(=O)c2ccccc2)c1. The van der Waals surface area contributed by atoms with E-state index in [1.807, 2.05) is 73.8 Å². The topological polar surface area (TPSA) is 74.0 Å². The standard InChI is InChI=1S/C26H25N3O2/c1-18(28-25(30)15-14-21-17-27-24-13-6-5-12-23(21)24)20-10-7-11-22(16-20)29-26(31)19-8-3-2-4-9-19/h2-13,16-18,27H,14-15H2,1H3,(H,28,30)(H,29,31)/t18-/m1/s1. The first-order chi connectivity index (χ1) is 15.1. The quantitative estimate of drug-likeness (QED) is 0.390. The van der Waals surface area contributed by atoms with E-state index >= 15 is 0 Å².